The second-order valence-electron chi connectivity index (χ2n) is 6.66. The molecule has 5 heteroatoms. The van der Waals surface area contributed by atoms with E-state index in [4.69, 9.17) is 10.1 Å². The highest BCUT2D eigenvalue weighted by Crippen LogP contribution is 2.27. The zero-order valence-electron chi connectivity index (χ0n) is 16.0. The van der Waals surface area contributed by atoms with Gasteiger partial charge < -0.3 is 10.4 Å². The molecule has 29 heavy (non-hydrogen) atoms. The molecule has 4 aromatic rings. The number of anilines is 1. The van der Waals surface area contributed by atoms with E-state index in [1.165, 1.54) is 0 Å². The van der Waals surface area contributed by atoms with Crippen molar-refractivity contribution in [2.75, 3.05) is 18.5 Å². The molecular weight excluding hydrogens is 360 g/mol. The largest absolute Gasteiger partial charge is 0.396 e. The molecule has 5 nitrogen and oxygen atoms in total. The fraction of sp³-hybridized carbons (Fsp3) is 0.125. The van der Waals surface area contributed by atoms with E-state index < -0.39 is 0 Å². The van der Waals surface area contributed by atoms with Gasteiger partial charge in [0.2, 0.25) is 0 Å². The summed E-state index contributed by atoms with van der Waals surface area (Å²) in [5.41, 5.74) is 4.83. The lowest BCUT2D eigenvalue weighted by Gasteiger charge is -2.11. The molecule has 2 aromatic heterocycles. The second kappa shape index (κ2) is 9.08. The van der Waals surface area contributed by atoms with Crippen LogP contribution >= 0.6 is 0 Å². The second-order valence-corrected chi connectivity index (χ2v) is 6.66. The Bertz CT molecular complexity index is 1070. The van der Waals surface area contributed by atoms with E-state index in [0.717, 1.165) is 33.8 Å². The van der Waals surface area contributed by atoms with Crippen LogP contribution in [-0.4, -0.2) is 33.2 Å². The first-order chi connectivity index (χ1) is 14.3. The molecule has 4 rings (SSSR count). The molecule has 0 spiro atoms. The third-order valence-corrected chi connectivity index (χ3v) is 4.54. The summed E-state index contributed by atoms with van der Waals surface area (Å²) in [6, 6.07) is 24.1. The molecule has 0 bridgehead atoms. The molecule has 0 amide bonds. The van der Waals surface area contributed by atoms with Crippen LogP contribution in [0.5, 0.6) is 0 Å². The first-order valence-electron chi connectivity index (χ1n) is 9.63. The normalized spacial score (nSPS) is 10.7. The van der Waals surface area contributed by atoms with Gasteiger partial charge in [-0.05, 0) is 18.1 Å². The van der Waals surface area contributed by atoms with Crippen molar-refractivity contribution in [1.82, 2.24) is 15.0 Å². The number of aliphatic hydroxyl groups excluding tert-OH is 1. The number of hydrogen-bond donors (Lipinski definition) is 2. The first kappa shape index (κ1) is 18.8. The quantitative estimate of drug-likeness (QED) is 0.455. The van der Waals surface area contributed by atoms with Crippen LogP contribution in [0.4, 0.5) is 5.82 Å². The smallest absolute Gasteiger partial charge is 0.162 e. The summed E-state index contributed by atoms with van der Waals surface area (Å²) in [7, 11) is 0. The van der Waals surface area contributed by atoms with Crippen molar-refractivity contribution < 1.29 is 5.11 Å². The van der Waals surface area contributed by atoms with E-state index in [-0.39, 0.29) is 6.61 Å². The molecule has 0 aliphatic heterocycles. The summed E-state index contributed by atoms with van der Waals surface area (Å²) in [6.45, 7) is 0.781. The highest BCUT2D eigenvalue weighted by atomic mass is 16.3. The predicted molar refractivity (Wildman–Crippen MR) is 116 cm³/mol. The maximum absolute atomic E-state index is 9.07. The first-order valence-corrected chi connectivity index (χ1v) is 9.63. The zero-order valence-corrected chi connectivity index (χ0v) is 16.0. The molecule has 0 fully saturated rings. The van der Waals surface area contributed by atoms with Crippen LogP contribution in [0.15, 0.2) is 85.2 Å². The van der Waals surface area contributed by atoms with Gasteiger partial charge in [-0.1, -0.05) is 60.7 Å². The minimum Gasteiger partial charge on any atom is -0.396 e. The van der Waals surface area contributed by atoms with Crippen LogP contribution in [0.1, 0.15) is 6.42 Å². The van der Waals surface area contributed by atoms with Gasteiger partial charge >= 0.3 is 0 Å². The van der Waals surface area contributed by atoms with Crippen LogP contribution in [0.2, 0.25) is 0 Å². The summed E-state index contributed by atoms with van der Waals surface area (Å²) in [5.74, 6) is 1.38. The van der Waals surface area contributed by atoms with Crippen molar-refractivity contribution in [2.45, 2.75) is 6.42 Å². The van der Waals surface area contributed by atoms with Crippen LogP contribution < -0.4 is 5.32 Å². The zero-order chi connectivity index (χ0) is 19.9. The third-order valence-electron chi connectivity index (χ3n) is 4.54. The highest BCUT2D eigenvalue weighted by molar-refractivity contribution is 5.72. The Morgan fingerprint density at radius 1 is 0.724 bits per heavy atom. The molecule has 0 saturated heterocycles. The van der Waals surface area contributed by atoms with Gasteiger partial charge in [-0.25, -0.2) is 9.97 Å². The molecule has 144 valence electrons. The highest BCUT2D eigenvalue weighted by Gasteiger charge is 2.10. The van der Waals surface area contributed by atoms with E-state index in [2.05, 4.69) is 33.5 Å². The van der Waals surface area contributed by atoms with Gasteiger partial charge in [-0.15, -0.1) is 0 Å². The lowest BCUT2D eigenvalue weighted by Crippen LogP contribution is -2.06. The van der Waals surface area contributed by atoms with E-state index in [1.807, 2.05) is 67.0 Å². The Hall–Kier alpha value is -3.57. The SMILES string of the molecule is OCCCNc1cc(-c2cncc(-c3ccccc3)c2)nc(-c2ccccc2)n1. The summed E-state index contributed by atoms with van der Waals surface area (Å²) in [6.07, 6.45) is 4.34. The number of hydrogen-bond acceptors (Lipinski definition) is 5. The molecule has 0 atom stereocenters. The number of aromatic nitrogens is 3. The van der Waals surface area contributed by atoms with Crippen LogP contribution in [0, 0.1) is 0 Å². The average Bonchev–Trinajstić information content (AvgIpc) is 2.80. The standard InChI is InChI=1S/C24H22N4O/c29-13-7-12-26-23-15-22(27-24(28-23)19-10-5-2-6-11-19)21-14-20(16-25-17-21)18-8-3-1-4-9-18/h1-6,8-11,14-17,29H,7,12-13H2,(H,26,27,28). The van der Waals surface area contributed by atoms with E-state index in [9.17, 15) is 0 Å². The molecule has 2 aromatic carbocycles. The van der Waals surface area contributed by atoms with E-state index >= 15 is 0 Å². The number of benzene rings is 2. The molecule has 0 unspecified atom stereocenters. The number of nitrogens with one attached hydrogen (secondary N) is 1. The maximum Gasteiger partial charge on any atom is 0.162 e. The van der Waals surface area contributed by atoms with Crippen molar-refractivity contribution in [2.24, 2.45) is 0 Å². The Morgan fingerprint density at radius 2 is 1.41 bits per heavy atom. The molecule has 0 aliphatic carbocycles. The minimum absolute atomic E-state index is 0.138. The summed E-state index contributed by atoms with van der Waals surface area (Å²) in [5, 5.41) is 12.3. The number of aliphatic hydroxyl groups is 1. The van der Waals surface area contributed by atoms with Crippen LogP contribution in [0.3, 0.4) is 0 Å². The summed E-state index contributed by atoms with van der Waals surface area (Å²) in [4.78, 5) is 13.9. The van der Waals surface area contributed by atoms with E-state index in [0.29, 0.717) is 18.8 Å². The molecule has 0 aliphatic rings. The Kier molecular flexibility index (Phi) is 5.88. The van der Waals surface area contributed by atoms with Gasteiger partial charge in [0.1, 0.15) is 5.82 Å². The molecule has 2 N–H and O–H groups in total. The van der Waals surface area contributed by atoms with Gasteiger partial charge in [0.05, 0.1) is 5.69 Å². The summed E-state index contributed by atoms with van der Waals surface area (Å²) >= 11 is 0. The summed E-state index contributed by atoms with van der Waals surface area (Å²) < 4.78 is 0. The average molecular weight is 382 g/mol. The maximum atomic E-state index is 9.07. The number of pyridine rings is 1. The minimum atomic E-state index is 0.138. The van der Waals surface area contributed by atoms with Crippen molar-refractivity contribution >= 4 is 5.82 Å². The van der Waals surface area contributed by atoms with Gasteiger partial charge in [0.15, 0.2) is 5.82 Å². The molecular formula is C24H22N4O. The topological polar surface area (TPSA) is 70.9 Å². The lowest BCUT2D eigenvalue weighted by atomic mass is 10.0. The van der Waals surface area contributed by atoms with E-state index in [1.54, 1.807) is 0 Å². The van der Waals surface area contributed by atoms with Gasteiger partial charge in [0.25, 0.3) is 0 Å². The van der Waals surface area contributed by atoms with Crippen molar-refractivity contribution in [1.29, 1.82) is 0 Å². The Labute approximate surface area is 170 Å². The third kappa shape index (κ3) is 4.65. The van der Waals surface area contributed by atoms with Crippen LogP contribution in [-0.2, 0) is 0 Å². The number of rotatable bonds is 7. The van der Waals surface area contributed by atoms with Crippen molar-refractivity contribution in [3.8, 4) is 33.8 Å². The lowest BCUT2D eigenvalue weighted by molar-refractivity contribution is 0.292. The Morgan fingerprint density at radius 3 is 2.14 bits per heavy atom. The molecule has 0 saturated carbocycles. The monoisotopic (exact) mass is 382 g/mol. The molecule has 2 heterocycles. The van der Waals surface area contributed by atoms with Crippen LogP contribution in [0.25, 0.3) is 33.8 Å². The van der Waals surface area contributed by atoms with Crippen molar-refractivity contribution in [3.05, 3.63) is 85.2 Å². The molecule has 0 radical (unpaired) electrons. The predicted octanol–water partition coefficient (Wildman–Crippen LogP) is 4.67. The fourth-order valence-electron chi connectivity index (χ4n) is 3.07. The van der Waals surface area contributed by atoms with Gasteiger partial charge in [0, 0.05) is 48.3 Å². The Balaban J connectivity index is 1.75. The van der Waals surface area contributed by atoms with Crippen molar-refractivity contribution in [3.63, 3.8) is 0 Å². The van der Waals surface area contributed by atoms with Gasteiger partial charge in [-0.3, -0.25) is 4.98 Å². The fourth-order valence-corrected chi connectivity index (χ4v) is 3.07. The number of nitrogens with zero attached hydrogens (tertiary/aromatic N) is 3. The van der Waals surface area contributed by atoms with Gasteiger partial charge in [-0.2, -0.15) is 0 Å².